The first-order valence-corrected chi connectivity index (χ1v) is 6.51. The first-order chi connectivity index (χ1) is 9.11. The molecule has 1 saturated heterocycles. The van der Waals surface area contributed by atoms with E-state index in [4.69, 9.17) is 10.7 Å². The highest BCUT2D eigenvalue weighted by Crippen LogP contribution is 2.30. The molecule has 7 nitrogen and oxygen atoms in total. The lowest BCUT2D eigenvalue weighted by Crippen LogP contribution is -2.36. The number of hydrogen-bond donors (Lipinski definition) is 1. The second kappa shape index (κ2) is 6.12. The van der Waals surface area contributed by atoms with Gasteiger partial charge in [0.05, 0.1) is 12.5 Å². The van der Waals surface area contributed by atoms with Crippen molar-refractivity contribution in [3.8, 4) is 0 Å². The lowest BCUT2D eigenvalue weighted by Gasteiger charge is -2.27. The number of imide groups is 1. The fourth-order valence-corrected chi connectivity index (χ4v) is 2.52. The van der Waals surface area contributed by atoms with Crippen LogP contribution in [0.5, 0.6) is 0 Å². The largest absolute Gasteiger partial charge is 0.336 e. The lowest BCUT2D eigenvalue weighted by molar-refractivity contribution is -0.201. The van der Waals surface area contributed by atoms with E-state index in [0.717, 1.165) is 12.8 Å². The Hall–Kier alpha value is -1.47. The van der Waals surface area contributed by atoms with Crippen LogP contribution in [0.3, 0.4) is 0 Å². The van der Waals surface area contributed by atoms with Crippen LogP contribution < -0.4 is 5.90 Å². The molecule has 1 aliphatic carbocycles. The Kier molecular flexibility index (Phi) is 4.49. The van der Waals surface area contributed by atoms with Crippen LogP contribution in [0, 0.1) is 11.8 Å². The molecular formula is C12H18N2O5. The number of carbonyl (C=O) groups excluding carboxylic acids is 3. The standard InChI is InChI=1S/C12H18N2O5/c13-18-7-8-1-3-9(4-2-8)12(17)19-14-10(15)5-6-11(14)16/h8-9H,1-7,13H2. The molecule has 7 heteroatoms. The summed E-state index contributed by atoms with van der Waals surface area (Å²) in [5, 5.41) is 0.609. The van der Waals surface area contributed by atoms with Crippen molar-refractivity contribution in [2.45, 2.75) is 38.5 Å². The maximum Gasteiger partial charge on any atom is 0.336 e. The van der Waals surface area contributed by atoms with Crippen molar-refractivity contribution < 1.29 is 24.1 Å². The van der Waals surface area contributed by atoms with E-state index in [9.17, 15) is 14.4 Å². The molecule has 2 N–H and O–H groups in total. The Labute approximate surface area is 110 Å². The van der Waals surface area contributed by atoms with Gasteiger partial charge in [-0.25, -0.2) is 10.7 Å². The van der Waals surface area contributed by atoms with Gasteiger partial charge in [-0.2, -0.15) is 0 Å². The first-order valence-electron chi connectivity index (χ1n) is 6.51. The van der Waals surface area contributed by atoms with Crippen molar-refractivity contribution in [3.63, 3.8) is 0 Å². The Balaban J connectivity index is 1.81. The third-order valence-electron chi connectivity index (χ3n) is 3.70. The van der Waals surface area contributed by atoms with Gasteiger partial charge in [0.25, 0.3) is 11.8 Å². The van der Waals surface area contributed by atoms with Crippen molar-refractivity contribution in [2.75, 3.05) is 6.61 Å². The Bertz CT molecular complexity index is 360. The van der Waals surface area contributed by atoms with Crippen LogP contribution in [0.4, 0.5) is 0 Å². The molecule has 0 bridgehead atoms. The van der Waals surface area contributed by atoms with Gasteiger partial charge in [0.1, 0.15) is 0 Å². The van der Waals surface area contributed by atoms with Crippen LogP contribution in [-0.4, -0.2) is 29.5 Å². The monoisotopic (exact) mass is 270 g/mol. The van der Waals surface area contributed by atoms with Gasteiger partial charge in [0, 0.05) is 12.8 Å². The van der Waals surface area contributed by atoms with Crippen molar-refractivity contribution in [2.24, 2.45) is 17.7 Å². The zero-order valence-corrected chi connectivity index (χ0v) is 10.7. The van der Waals surface area contributed by atoms with Crippen molar-refractivity contribution in [1.82, 2.24) is 5.06 Å². The SMILES string of the molecule is NOCC1CCC(C(=O)ON2C(=O)CCC2=O)CC1. The van der Waals surface area contributed by atoms with Crippen molar-refractivity contribution in [3.05, 3.63) is 0 Å². The quantitative estimate of drug-likeness (QED) is 0.582. The van der Waals surface area contributed by atoms with Crippen LogP contribution in [-0.2, 0) is 24.1 Å². The fraction of sp³-hybridized carbons (Fsp3) is 0.750. The molecule has 2 amide bonds. The molecular weight excluding hydrogens is 252 g/mol. The molecule has 19 heavy (non-hydrogen) atoms. The maximum absolute atomic E-state index is 11.9. The zero-order valence-electron chi connectivity index (χ0n) is 10.7. The van der Waals surface area contributed by atoms with Gasteiger partial charge >= 0.3 is 5.97 Å². The molecule has 1 aliphatic heterocycles. The van der Waals surface area contributed by atoms with Crippen LogP contribution >= 0.6 is 0 Å². The molecule has 1 heterocycles. The first kappa shape index (κ1) is 14.0. The molecule has 0 unspecified atom stereocenters. The number of nitrogens with two attached hydrogens (primary N) is 1. The van der Waals surface area contributed by atoms with Crippen LogP contribution in [0.1, 0.15) is 38.5 Å². The number of carbonyl (C=O) groups is 3. The van der Waals surface area contributed by atoms with Gasteiger partial charge in [0.15, 0.2) is 0 Å². The molecule has 0 atom stereocenters. The average molecular weight is 270 g/mol. The molecule has 0 radical (unpaired) electrons. The molecule has 2 aliphatic rings. The Morgan fingerprint density at radius 1 is 1.16 bits per heavy atom. The van der Waals surface area contributed by atoms with Crippen molar-refractivity contribution >= 4 is 17.8 Å². The fourth-order valence-electron chi connectivity index (χ4n) is 2.52. The van der Waals surface area contributed by atoms with E-state index >= 15 is 0 Å². The minimum Gasteiger partial charge on any atom is -0.330 e. The summed E-state index contributed by atoms with van der Waals surface area (Å²) in [6.45, 7) is 0.491. The molecule has 0 aromatic rings. The van der Waals surface area contributed by atoms with Crippen LogP contribution in [0.15, 0.2) is 0 Å². The number of hydrogen-bond acceptors (Lipinski definition) is 6. The Morgan fingerprint density at radius 3 is 2.26 bits per heavy atom. The Morgan fingerprint density at radius 2 is 1.74 bits per heavy atom. The number of nitrogens with zero attached hydrogens (tertiary/aromatic N) is 1. The highest BCUT2D eigenvalue weighted by atomic mass is 16.7. The maximum atomic E-state index is 11.9. The molecule has 1 saturated carbocycles. The van der Waals surface area contributed by atoms with E-state index in [1.54, 1.807) is 0 Å². The summed E-state index contributed by atoms with van der Waals surface area (Å²) in [4.78, 5) is 44.1. The van der Waals surface area contributed by atoms with E-state index in [2.05, 4.69) is 4.84 Å². The number of amides is 2. The molecule has 2 fully saturated rings. The third kappa shape index (κ3) is 3.30. The molecule has 0 aromatic carbocycles. The highest BCUT2D eigenvalue weighted by molar-refractivity contribution is 6.01. The normalized spacial score (nSPS) is 27.7. The summed E-state index contributed by atoms with van der Waals surface area (Å²) in [5.74, 6) is 3.76. The number of rotatable bonds is 4. The van der Waals surface area contributed by atoms with Gasteiger partial charge in [-0.15, -0.1) is 5.06 Å². The van der Waals surface area contributed by atoms with Gasteiger partial charge in [0.2, 0.25) is 0 Å². The second-order valence-corrected chi connectivity index (χ2v) is 5.04. The van der Waals surface area contributed by atoms with Crippen LogP contribution in [0.25, 0.3) is 0 Å². The summed E-state index contributed by atoms with van der Waals surface area (Å²) in [5.41, 5.74) is 0. The zero-order chi connectivity index (χ0) is 13.8. The summed E-state index contributed by atoms with van der Waals surface area (Å²) in [7, 11) is 0. The van der Waals surface area contributed by atoms with Gasteiger partial charge in [-0.05, 0) is 31.6 Å². The smallest absolute Gasteiger partial charge is 0.330 e. The topological polar surface area (TPSA) is 98.9 Å². The lowest BCUT2D eigenvalue weighted by atomic mass is 9.82. The van der Waals surface area contributed by atoms with Crippen molar-refractivity contribution in [1.29, 1.82) is 0 Å². The summed E-state index contributed by atoms with van der Waals surface area (Å²) >= 11 is 0. The minimum absolute atomic E-state index is 0.118. The van der Waals surface area contributed by atoms with E-state index in [1.165, 1.54) is 0 Å². The predicted octanol–water partition coefficient (Wildman–Crippen LogP) is 0.290. The third-order valence-corrected chi connectivity index (χ3v) is 3.70. The average Bonchev–Trinajstić information content (AvgIpc) is 2.72. The molecule has 0 aromatic heterocycles. The minimum atomic E-state index is -0.490. The van der Waals surface area contributed by atoms with E-state index in [-0.39, 0.29) is 18.8 Å². The summed E-state index contributed by atoms with van der Waals surface area (Å²) < 4.78 is 0. The molecule has 0 spiro atoms. The van der Waals surface area contributed by atoms with E-state index < -0.39 is 17.8 Å². The van der Waals surface area contributed by atoms with E-state index in [1.807, 2.05) is 0 Å². The van der Waals surface area contributed by atoms with E-state index in [0.29, 0.717) is 30.4 Å². The van der Waals surface area contributed by atoms with Gasteiger partial charge < -0.3 is 9.68 Å². The summed E-state index contributed by atoms with van der Waals surface area (Å²) in [6.07, 6.45) is 3.24. The molecule has 2 rings (SSSR count). The molecule has 106 valence electrons. The van der Waals surface area contributed by atoms with Gasteiger partial charge in [-0.3, -0.25) is 9.59 Å². The second-order valence-electron chi connectivity index (χ2n) is 5.04. The van der Waals surface area contributed by atoms with Crippen LogP contribution in [0.2, 0.25) is 0 Å². The predicted molar refractivity (Wildman–Crippen MR) is 62.8 cm³/mol. The van der Waals surface area contributed by atoms with Gasteiger partial charge in [-0.1, -0.05) is 0 Å². The highest BCUT2D eigenvalue weighted by Gasteiger charge is 2.36. The number of hydroxylamine groups is 2. The summed E-state index contributed by atoms with van der Waals surface area (Å²) in [6, 6.07) is 0.